The fraction of sp³-hybridized carbons (Fsp3) is 0.0714. The van der Waals surface area contributed by atoms with Crippen LogP contribution in [0.15, 0.2) is 59.5 Å². The first-order valence-electron chi connectivity index (χ1n) is 5.80. The molecule has 0 heterocycles. The average molecular weight is 289 g/mol. The Labute approximate surface area is 122 Å². The Balaban J connectivity index is 1.87. The first kappa shape index (κ1) is 13.7. The lowest BCUT2D eigenvalue weighted by molar-refractivity contribution is 1.14. The van der Waals surface area contributed by atoms with Gasteiger partial charge in [0, 0.05) is 10.6 Å². The van der Waals surface area contributed by atoms with Crippen LogP contribution in [0.5, 0.6) is 0 Å². The molecular weight excluding hydrogens is 274 g/mol. The van der Waals surface area contributed by atoms with Gasteiger partial charge in [0.15, 0.2) is 5.11 Å². The molecule has 2 rings (SSSR count). The summed E-state index contributed by atoms with van der Waals surface area (Å²) < 4.78 is 0. The normalized spacial score (nSPS) is 9.74. The van der Waals surface area contributed by atoms with E-state index in [9.17, 15) is 0 Å². The molecule has 3 N–H and O–H groups in total. The minimum Gasteiger partial charge on any atom is -0.331 e. The third kappa shape index (κ3) is 4.46. The summed E-state index contributed by atoms with van der Waals surface area (Å²) >= 11 is 6.92. The second-order valence-electron chi connectivity index (χ2n) is 3.80. The van der Waals surface area contributed by atoms with Crippen LogP contribution in [0.4, 0.5) is 11.4 Å². The van der Waals surface area contributed by atoms with E-state index in [1.54, 1.807) is 11.8 Å². The number of hydrogen-bond acceptors (Lipinski definition) is 3. The Morgan fingerprint density at radius 1 is 1.00 bits per heavy atom. The maximum absolute atomic E-state index is 5.22. The minimum absolute atomic E-state index is 0.530. The number of anilines is 2. The Morgan fingerprint density at radius 2 is 1.74 bits per heavy atom. The van der Waals surface area contributed by atoms with Crippen molar-refractivity contribution in [2.45, 2.75) is 4.90 Å². The maximum Gasteiger partial charge on any atom is 0.189 e. The van der Waals surface area contributed by atoms with E-state index < -0.39 is 0 Å². The molecule has 0 saturated heterocycles. The molecule has 0 aliphatic heterocycles. The van der Waals surface area contributed by atoms with Gasteiger partial charge in [-0.25, -0.2) is 0 Å². The highest BCUT2D eigenvalue weighted by Crippen LogP contribution is 2.18. The summed E-state index contributed by atoms with van der Waals surface area (Å²) in [6.45, 7) is 0. The van der Waals surface area contributed by atoms with E-state index in [1.165, 1.54) is 4.90 Å². The van der Waals surface area contributed by atoms with Gasteiger partial charge in [-0.1, -0.05) is 24.3 Å². The van der Waals surface area contributed by atoms with Crippen molar-refractivity contribution in [1.29, 1.82) is 0 Å². The Morgan fingerprint density at radius 3 is 2.47 bits per heavy atom. The standard InChI is InChI=1S/C14H15N3S2/c1-19-13-9-5-8-12(10-13)15-14(18)17-16-11-6-3-2-4-7-11/h2-10,16H,1H3,(H2,15,17,18). The Kier molecular flexibility index (Phi) is 5.06. The first-order chi connectivity index (χ1) is 9.28. The van der Waals surface area contributed by atoms with Crippen molar-refractivity contribution in [2.75, 3.05) is 17.0 Å². The van der Waals surface area contributed by atoms with Gasteiger partial charge in [-0.15, -0.1) is 11.8 Å². The summed E-state index contributed by atoms with van der Waals surface area (Å²) in [5.41, 5.74) is 7.92. The molecule has 0 saturated carbocycles. The Bertz CT molecular complexity index is 543. The third-order valence-electron chi connectivity index (χ3n) is 2.42. The lowest BCUT2D eigenvalue weighted by Crippen LogP contribution is -2.33. The summed E-state index contributed by atoms with van der Waals surface area (Å²) in [5, 5.41) is 3.66. The molecular formula is C14H15N3S2. The van der Waals surface area contributed by atoms with E-state index in [0.29, 0.717) is 5.11 Å². The zero-order valence-electron chi connectivity index (χ0n) is 10.5. The van der Waals surface area contributed by atoms with E-state index in [2.05, 4.69) is 28.3 Å². The topological polar surface area (TPSA) is 36.1 Å². The quantitative estimate of drug-likeness (QED) is 0.454. The highest BCUT2D eigenvalue weighted by Gasteiger charge is 1.98. The lowest BCUT2D eigenvalue weighted by Gasteiger charge is -2.12. The van der Waals surface area contributed by atoms with Crippen LogP contribution in [0.2, 0.25) is 0 Å². The van der Waals surface area contributed by atoms with Gasteiger partial charge in [0.25, 0.3) is 0 Å². The molecule has 2 aromatic rings. The number of rotatable bonds is 4. The summed E-state index contributed by atoms with van der Waals surface area (Å²) in [5.74, 6) is 0. The number of thiocarbonyl (C=S) groups is 1. The van der Waals surface area contributed by atoms with Gasteiger partial charge in [0.1, 0.15) is 0 Å². The highest BCUT2D eigenvalue weighted by molar-refractivity contribution is 7.98. The number of hydrazine groups is 1. The van der Waals surface area contributed by atoms with Crippen molar-refractivity contribution in [3.8, 4) is 0 Å². The summed E-state index contributed by atoms with van der Waals surface area (Å²) in [6.07, 6.45) is 2.05. The molecule has 0 aromatic heterocycles. The van der Waals surface area contributed by atoms with Crippen LogP contribution in [-0.4, -0.2) is 11.4 Å². The van der Waals surface area contributed by atoms with Crippen molar-refractivity contribution in [3.63, 3.8) is 0 Å². The fourth-order valence-electron chi connectivity index (χ4n) is 1.51. The number of thioether (sulfide) groups is 1. The largest absolute Gasteiger partial charge is 0.331 e. The van der Waals surface area contributed by atoms with E-state index in [1.807, 2.05) is 48.7 Å². The maximum atomic E-state index is 5.22. The molecule has 5 heteroatoms. The van der Waals surface area contributed by atoms with Crippen molar-refractivity contribution in [3.05, 3.63) is 54.6 Å². The van der Waals surface area contributed by atoms with Gasteiger partial charge < -0.3 is 5.32 Å². The molecule has 19 heavy (non-hydrogen) atoms. The van der Waals surface area contributed by atoms with Crippen molar-refractivity contribution >= 4 is 40.5 Å². The van der Waals surface area contributed by atoms with Crippen LogP contribution < -0.4 is 16.2 Å². The number of nitrogens with one attached hydrogen (secondary N) is 3. The van der Waals surface area contributed by atoms with Crippen LogP contribution in [0.25, 0.3) is 0 Å². The molecule has 2 aromatic carbocycles. The smallest absolute Gasteiger partial charge is 0.189 e. The number of benzene rings is 2. The van der Waals surface area contributed by atoms with Gasteiger partial charge in [-0.3, -0.25) is 10.9 Å². The van der Waals surface area contributed by atoms with Crippen molar-refractivity contribution in [1.82, 2.24) is 5.43 Å². The van der Waals surface area contributed by atoms with Crippen LogP contribution in [0.3, 0.4) is 0 Å². The number of para-hydroxylation sites is 1. The molecule has 0 unspecified atom stereocenters. The van der Waals surface area contributed by atoms with E-state index >= 15 is 0 Å². The first-order valence-corrected chi connectivity index (χ1v) is 7.43. The summed E-state index contributed by atoms with van der Waals surface area (Å²) in [7, 11) is 0. The lowest BCUT2D eigenvalue weighted by atomic mass is 10.3. The van der Waals surface area contributed by atoms with E-state index in [4.69, 9.17) is 12.2 Å². The predicted molar refractivity (Wildman–Crippen MR) is 87.6 cm³/mol. The van der Waals surface area contributed by atoms with Crippen LogP contribution in [0.1, 0.15) is 0 Å². The van der Waals surface area contributed by atoms with Gasteiger partial charge in [-0.05, 0) is 48.8 Å². The number of hydrogen-bond donors (Lipinski definition) is 3. The van der Waals surface area contributed by atoms with Crippen molar-refractivity contribution < 1.29 is 0 Å². The second-order valence-corrected chi connectivity index (χ2v) is 5.09. The molecule has 0 fully saturated rings. The SMILES string of the molecule is CSc1cccc(NC(=S)NNc2ccccc2)c1. The monoisotopic (exact) mass is 289 g/mol. The zero-order chi connectivity index (χ0) is 13.5. The van der Waals surface area contributed by atoms with Gasteiger partial charge in [0.05, 0.1) is 5.69 Å². The predicted octanol–water partition coefficient (Wildman–Crippen LogP) is 3.72. The molecule has 0 bridgehead atoms. The molecule has 0 radical (unpaired) electrons. The van der Waals surface area contributed by atoms with E-state index in [-0.39, 0.29) is 0 Å². The fourth-order valence-corrected chi connectivity index (χ4v) is 2.14. The van der Waals surface area contributed by atoms with Gasteiger partial charge in [0.2, 0.25) is 0 Å². The molecule has 98 valence electrons. The summed E-state index contributed by atoms with van der Waals surface area (Å²) in [6, 6.07) is 17.9. The minimum atomic E-state index is 0.530. The third-order valence-corrected chi connectivity index (χ3v) is 3.35. The molecule has 0 amide bonds. The van der Waals surface area contributed by atoms with Gasteiger partial charge >= 0.3 is 0 Å². The van der Waals surface area contributed by atoms with Crippen molar-refractivity contribution in [2.24, 2.45) is 0 Å². The second kappa shape index (κ2) is 7.01. The average Bonchev–Trinajstić information content (AvgIpc) is 2.46. The molecule has 0 aliphatic rings. The Hall–Kier alpha value is -1.72. The van der Waals surface area contributed by atoms with Crippen LogP contribution in [-0.2, 0) is 0 Å². The van der Waals surface area contributed by atoms with Crippen LogP contribution in [0, 0.1) is 0 Å². The van der Waals surface area contributed by atoms with E-state index in [0.717, 1.165) is 11.4 Å². The molecule has 0 spiro atoms. The van der Waals surface area contributed by atoms with Gasteiger partial charge in [-0.2, -0.15) is 0 Å². The molecule has 0 atom stereocenters. The molecule has 0 aliphatic carbocycles. The van der Waals surface area contributed by atoms with Crippen LogP contribution >= 0.6 is 24.0 Å². The zero-order valence-corrected chi connectivity index (χ0v) is 12.1. The summed E-state index contributed by atoms with van der Waals surface area (Å²) in [4.78, 5) is 1.20. The highest BCUT2D eigenvalue weighted by atomic mass is 32.2. The molecule has 3 nitrogen and oxygen atoms in total.